The first-order valence-electron chi connectivity index (χ1n) is 20.4. The van der Waals surface area contributed by atoms with Crippen molar-refractivity contribution < 1.29 is 82.0 Å². The molecule has 62 heavy (non-hydrogen) atoms. The number of aliphatic hydroxyl groups is 3. The summed E-state index contributed by atoms with van der Waals surface area (Å²) in [7, 11) is 1.05. The topological polar surface area (TPSA) is 248 Å². The lowest BCUT2D eigenvalue weighted by Gasteiger charge is -2.67. The lowest BCUT2D eigenvalue weighted by molar-refractivity contribution is -0.345. The smallest absolute Gasteiger partial charge is 0.455 e. The highest BCUT2D eigenvalue weighted by Crippen LogP contribution is 2.65. The second-order valence-electron chi connectivity index (χ2n) is 19.6. The van der Waals surface area contributed by atoms with Crippen LogP contribution < -0.4 is 0 Å². The van der Waals surface area contributed by atoms with Crippen LogP contribution in [0.25, 0.3) is 0 Å². The Bertz CT molecular complexity index is 2110. The molecule has 6 rings (SSSR count). The Labute approximate surface area is 359 Å². The number of carbonyl (C=O) groups excluding carboxylic acids is 7. The molecule has 2 amide bonds. The molecular formula is C44H57NO17. The van der Waals surface area contributed by atoms with Gasteiger partial charge in [-0.25, -0.2) is 24.1 Å². The zero-order valence-electron chi connectivity index (χ0n) is 37.1. The third kappa shape index (κ3) is 6.88. The molecule has 2 aliphatic heterocycles. The second-order valence-corrected chi connectivity index (χ2v) is 19.6. The molecule has 2 heterocycles. The maximum absolute atomic E-state index is 15.6. The van der Waals surface area contributed by atoms with E-state index in [1.807, 2.05) is 0 Å². The number of cyclic esters (lactones) is 1. The van der Waals surface area contributed by atoms with Gasteiger partial charge in [-0.2, -0.15) is 0 Å². The highest BCUT2D eigenvalue weighted by molar-refractivity contribution is 6.03. The van der Waals surface area contributed by atoms with Gasteiger partial charge in [-0.3, -0.25) is 14.4 Å². The molecule has 1 aromatic carbocycles. The molecule has 18 nitrogen and oxygen atoms in total. The molecule has 18 heteroatoms. The van der Waals surface area contributed by atoms with E-state index in [9.17, 15) is 44.1 Å². The quantitative estimate of drug-likeness (QED) is 0.193. The minimum atomic E-state index is -2.51. The number of rotatable bonds is 8. The van der Waals surface area contributed by atoms with Crippen molar-refractivity contribution in [1.82, 2.24) is 4.90 Å². The zero-order chi connectivity index (χ0) is 46.5. The highest BCUT2D eigenvalue weighted by Gasteiger charge is 2.79. The lowest BCUT2D eigenvalue weighted by Crippen LogP contribution is -2.82. The summed E-state index contributed by atoms with van der Waals surface area (Å²) in [6.07, 6.45) is -12.1. The number of carbonyl (C=O) groups is 7. The van der Waals surface area contributed by atoms with Crippen molar-refractivity contribution in [2.45, 2.75) is 148 Å². The van der Waals surface area contributed by atoms with Gasteiger partial charge in [-0.15, -0.1) is 0 Å². The number of benzene rings is 1. The number of ketones is 1. The Hall–Kier alpha value is -4.91. The lowest BCUT2D eigenvalue weighted by atomic mass is 9.44. The fourth-order valence-corrected chi connectivity index (χ4v) is 10.5. The van der Waals surface area contributed by atoms with Gasteiger partial charge in [0.1, 0.15) is 23.4 Å². The maximum atomic E-state index is 15.6. The van der Waals surface area contributed by atoms with Crippen LogP contribution in [0.15, 0.2) is 41.5 Å². The van der Waals surface area contributed by atoms with Crippen LogP contribution in [0.5, 0.6) is 0 Å². The van der Waals surface area contributed by atoms with Gasteiger partial charge in [0, 0.05) is 25.2 Å². The number of fused-ring (bicyclic) bond motifs is 5. The summed E-state index contributed by atoms with van der Waals surface area (Å²) in [5.74, 6) is -6.71. The first-order chi connectivity index (χ1) is 28.5. The standard InChI is InChI=1S/C44H57NO17/c1-21-26-28(58-22(2)46)31(49)42(11)24(47)18-25-43(20-57-25,62-37(54)56-12)29(42)32(59-33(50)23-16-14-13-15-17-23)44(55,39(26,6)7)19-41(21,10)60-34(51)27(48)30(38(3,4)5)45-35(52)40(8,9)61-36(45)53/h13-17,24-25,27-30,32,47-48,55H,18-20H2,1-12H3/t24?,25-,27-,28-,29?,30-,32+,41-,42-,43+,44-/m1/s1. The summed E-state index contributed by atoms with van der Waals surface area (Å²) < 4.78 is 40.5. The van der Waals surface area contributed by atoms with Gasteiger partial charge in [-0.1, -0.05) is 52.8 Å². The number of hydrogen-bond acceptors (Lipinski definition) is 17. The molecule has 3 N–H and O–H groups in total. The van der Waals surface area contributed by atoms with Crippen LogP contribution in [0.2, 0.25) is 0 Å². The fourth-order valence-electron chi connectivity index (χ4n) is 10.5. The predicted molar refractivity (Wildman–Crippen MR) is 212 cm³/mol. The molecule has 3 aliphatic carbocycles. The second kappa shape index (κ2) is 15.1. The zero-order valence-corrected chi connectivity index (χ0v) is 37.1. The van der Waals surface area contributed by atoms with Crippen molar-refractivity contribution in [2.75, 3.05) is 13.7 Å². The summed E-state index contributed by atoms with van der Waals surface area (Å²) in [6.45, 7) is 15.3. The number of amides is 2. The number of ether oxygens (including phenoxy) is 7. The van der Waals surface area contributed by atoms with Crippen molar-refractivity contribution in [2.24, 2.45) is 22.2 Å². The summed E-state index contributed by atoms with van der Waals surface area (Å²) in [5.41, 5.74) is -13.2. The van der Waals surface area contributed by atoms with E-state index < -0.39 is 136 Å². The van der Waals surface area contributed by atoms with Gasteiger partial charge in [0.15, 0.2) is 29.2 Å². The molecule has 5 aliphatic rings. The molecule has 11 atom stereocenters. The molecular weight excluding hydrogens is 814 g/mol. The molecule has 340 valence electrons. The van der Waals surface area contributed by atoms with E-state index in [1.165, 1.54) is 60.6 Å². The average molecular weight is 872 g/mol. The van der Waals surface area contributed by atoms with Gasteiger partial charge in [0.05, 0.1) is 42.8 Å². The number of imide groups is 1. The van der Waals surface area contributed by atoms with Crippen LogP contribution >= 0.6 is 0 Å². The first kappa shape index (κ1) is 46.6. The Morgan fingerprint density at radius 1 is 0.952 bits per heavy atom. The van der Waals surface area contributed by atoms with Crippen molar-refractivity contribution in [3.05, 3.63) is 47.0 Å². The summed E-state index contributed by atoms with van der Waals surface area (Å²) in [6, 6.07) is 6.15. The van der Waals surface area contributed by atoms with Gasteiger partial charge in [0.25, 0.3) is 5.91 Å². The van der Waals surface area contributed by atoms with Crippen molar-refractivity contribution in [1.29, 1.82) is 0 Å². The molecule has 2 saturated heterocycles. The van der Waals surface area contributed by atoms with Gasteiger partial charge in [-0.05, 0) is 63.3 Å². The largest absolute Gasteiger partial charge is 0.508 e. The molecule has 4 fully saturated rings. The number of hydrogen-bond donors (Lipinski definition) is 3. The van der Waals surface area contributed by atoms with Crippen molar-refractivity contribution >= 4 is 41.8 Å². The fraction of sp³-hybridized carbons (Fsp3) is 0.659. The first-order valence-corrected chi connectivity index (χ1v) is 20.4. The molecule has 2 bridgehead atoms. The minimum absolute atomic E-state index is 0.0222. The Morgan fingerprint density at radius 2 is 1.56 bits per heavy atom. The SMILES string of the molecule is COC(=O)O[C@@]12CO[C@@H]1CC(O)[C@@]1(C)C(=O)[C@H](OC(C)=O)C3=C(C)[C@](C)(OC(=O)[C@H](O)[C@@H](N4C(=O)OC(C)(C)C4=O)C(C)(C)C)C[C@@](O)([C@@H](OC(=O)c4ccccc4)C12)C3(C)C. The van der Waals surface area contributed by atoms with Crippen molar-refractivity contribution in [3.8, 4) is 0 Å². The third-order valence-electron chi connectivity index (χ3n) is 14.0. The van der Waals surface area contributed by atoms with E-state index in [-0.39, 0.29) is 23.1 Å². The molecule has 0 aromatic heterocycles. The highest BCUT2D eigenvalue weighted by atomic mass is 16.8. The summed E-state index contributed by atoms with van der Waals surface area (Å²) >= 11 is 0. The number of aliphatic hydroxyl groups excluding tert-OH is 2. The van der Waals surface area contributed by atoms with Crippen LogP contribution in [-0.2, 0) is 52.3 Å². The van der Waals surface area contributed by atoms with E-state index in [0.717, 1.165) is 14.0 Å². The van der Waals surface area contributed by atoms with Gasteiger partial charge in [0.2, 0.25) is 0 Å². The maximum Gasteiger partial charge on any atom is 0.508 e. The molecule has 1 aromatic rings. The van der Waals surface area contributed by atoms with E-state index in [4.69, 9.17) is 33.2 Å². The minimum Gasteiger partial charge on any atom is -0.455 e. The molecule has 2 saturated carbocycles. The Morgan fingerprint density at radius 3 is 2.06 bits per heavy atom. The molecule has 0 radical (unpaired) electrons. The van der Waals surface area contributed by atoms with Crippen LogP contribution in [0.4, 0.5) is 9.59 Å². The normalized spacial score (nSPS) is 35.7. The number of esters is 3. The monoisotopic (exact) mass is 871 g/mol. The van der Waals surface area contributed by atoms with E-state index in [0.29, 0.717) is 4.90 Å². The Kier molecular flexibility index (Phi) is 11.4. The van der Waals surface area contributed by atoms with Crippen molar-refractivity contribution in [3.63, 3.8) is 0 Å². The molecule has 2 unspecified atom stereocenters. The molecule has 0 spiro atoms. The van der Waals surface area contributed by atoms with Gasteiger partial charge < -0.3 is 48.5 Å². The van der Waals surface area contributed by atoms with Crippen LogP contribution in [0, 0.1) is 22.2 Å². The number of nitrogens with zero attached hydrogens (tertiary/aromatic N) is 1. The number of Topliss-reactive ketones (excluding diaryl/α,β-unsaturated/α-hetero) is 1. The van der Waals surface area contributed by atoms with E-state index in [2.05, 4.69) is 0 Å². The Balaban J connectivity index is 1.60. The summed E-state index contributed by atoms with van der Waals surface area (Å²) in [4.78, 5) is 97.9. The van der Waals surface area contributed by atoms with Crippen LogP contribution in [-0.4, -0.2) is 135 Å². The van der Waals surface area contributed by atoms with E-state index >= 15 is 4.79 Å². The third-order valence-corrected chi connectivity index (χ3v) is 14.0. The average Bonchev–Trinajstić information content (AvgIpc) is 3.36. The van der Waals surface area contributed by atoms with Crippen LogP contribution in [0.1, 0.15) is 99.4 Å². The predicted octanol–water partition coefficient (Wildman–Crippen LogP) is 3.35. The van der Waals surface area contributed by atoms with E-state index in [1.54, 1.807) is 39.0 Å². The summed E-state index contributed by atoms with van der Waals surface area (Å²) in [5, 5.41) is 37.8. The number of methoxy groups -OCH3 is 1. The van der Waals surface area contributed by atoms with Crippen LogP contribution in [0.3, 0.4) is 0 Å². The van der Waals surface area contributed by atoms with Gasteiger partial charge >= 0.3 is 30.2 Å².